The highest BCUT2D eigenvalue weighted by Crippen LogP contribution is 2.35. The van der Waals surface area contributed by atoms with Gasteiger partial charge in [0, 0.05) is 19.5 Å². The zero-order chi connectivity index (χ0) is 21.8. The summed E-state index contributed by atoms with van der Waals surface area (Å²) in [4.78, 5) is 38.9. The summed E-state index contributed by atoms with van der Waals surface area (Å²) in [7, 11) is 0. The molecule has 4 N–H and O–H groups in total. The van der Waals surface area contributed by atoms with Crippen molar-refractivity contribution in [1.29, 1.82) is 0 Å². The number of carbonyl (C=O) groups is 3. The third-order valence-corrected chi connectivity index (χ3v) is 6.02. The molecular weight excluding hydrogens is 396 g/mol. The molecule has 0 aromatic heterocycles. The fourth-order valence-corrected chi connectivity index (χ4v) is 4.29. The van der Waals surface area contributed by atoms with E-state index in [0.717, 1.165) is 25.7 Å². The number of fused-ring (bicyclic) bond motifs is 2. The van der Waals surface area contributed by atoms with Crippen LogP contribution >= 0.6 is 0 Å². The summed E-state index contributed by atoms with van der Waals surface area (Å²) in [5.74, 6) is -0.162. The quantitative estimate of drug-likeness (QED) is 0.435. The Morgan fingerprint density at radius 1 is 1.03 bits per heavy atom. The fourth-order valence-electron chi connectivity index (χ4n) is 4.29. The van der Waals surface area contributed by atoms with Crippen LogP contribution in [0.3, 0.4) is 0 Å². The van der Waals surface area contributed by atoms with Crippen LogP contribution in [-0.2, 0) is 4.79 Å². The van der Waals surface area contributed by atoms with Crippen LogP contribution in [0.1, 0.15) is 52.8 Å². The van der Waals surface area contributed by atoms with E-state index in [9.17, 15) is 14.4 Å². The smallest absolute Gasteiger partial charge is 0.257 e. The molecule has 8 nitrogen and oxygen atoms in total. The predicted molar refractivity (Wildman–Crippen MR) is 117 cm³/mol. The van der Waals surface area contributed by atoms with Gasteiger partial charge < -0.3 is 15.5 Å². The largest absolute Gasteiger partial charge is 0.353 e. The van der Waals surface area contributed by atoms with Gasteiger partial charge in [-0.15, -0.1) is 0 Å². The third-order valence-electron chi connectivity index (χ3n) is 6.02. The topological polar surface area (TPSA) is 111 Å². The van der Waals surface area contributed by atoms with E-state index in [-0.39, 0.29) is 17.7 Å². The Morgan fingerprint density at radius 3 is 2.55 bits per heavy atom. The van der Waals surface area contributed by atoms with Crippen molar-refractivity contribution in [3.63, 3.8) is 0 Å². The monoisotopic (exact) mass is 422 g/mol. The molecule has 8 heteroatoms. The van der Waals surface area contributed by atoms with Gasteiger partial charge in [-0.05, 0) is 55.9 Å². The number of hydrogen-bond donors (Lipinski definition) is 4. The van der Waals surface area contributed by atoms with Crippen LogP contribution in [0.25, 0.3) is 0 Å². The molecule has 0 saturated carbocycles. The summed E-state index contributed by atoms with van der Waals surface area (Å²) in [6.07, 6.45) is 3.70. The number of nitrogens with zero attached hydrogens (tertiary/aromatic N) is 1. The molecule has 0 aliphatic carbocycles. The standard InChI is InChI=1S/C23H26N4O4/c28-20(26-31)10-3-5-15-11-13-27(14-12-15)23(30)17-7-4-9-19-21(17)24-18-8-2-1-6-16(18)22(29)25-19/h1-2,4,6-9,15,24,31H,3,5,10-14H2,(H,25,29)(H,26,28). The molecule has 2 aliphatic heterocycles. The van der Waals surface area contributed by atoms with Crippen molar-refractivity contribution in [2.45, 2.75) is 32.1 Å². The van der Waals surface area contributed by atoms with Gasteiger partial charge in [0.25, 0.3) is 11.8 Å². The Balaban J connectivity index is 1.45. The maximum absolute atomic E-state index is 13.3. The number of rotatable bonds is 5. The number of hydroxylamine groups is 1. The molecule has 0 spiro atoms. The van der Waals surface area contributed by atoms with Crippen molar-refractivity contribution in [2.75, 3.05) is 23.7 Å². The van der Waals surface area contributed by atoms with E-state index in [1.54, 1.807) is 29.7 Å². The summed E-state index contributed by atoms with van der Waals surface area (Å²) in [6, 6.07) is 12.6. The maximum Gasteiger partial charge on any atom is 0.257 e. The molecule has 0 bridgehead atoms. The zero-order valence-corrected chi connectivity index (χ0v) is 17.2. The molecule has 2 heterocycles. The normalized spacial score (nSPS) is 15.8. The predicted octanol–water partition coefficient (Wildman–Crippen LogP) is 3.52. The molecule has 31 heavy (non-hydrogen) atoms. The number of anilines is 3. The Bertz CT molecular complexity index is 999. The van der Waals surface area contributed by atoms with Gasteiger partial charge in [0.1, 0.15) is 0 Å². The van der Waals surface area contributed by atoms with E-state index in [0.29, 0.717) is 53.6 Å². The molecule has 3 amide bonds. The van der Waals surface area contributed by atoms with E-state index < -0.39 is 0 Å². The lowest BCUT2D eigenvalue weighted by Crippen LogP contribution is -2.38. The minimum absolute atomic E-state index is 0.0592. The Kier molecular flexibility index (Phi) is 6.18. The second kappa shape index (κ2) is 9.18. The van der Waals surface area contributed by atoms with Crippen molar-refractivity contribution >= 4 is 34.8 Å². The number of hydrogen-bond acceptors (Lipinski definition) is 5. The highest BCUT2D eigenvalue weighted by Gasteiger charge is 2.28. The third kappa shape index (κ3) is 4.54. The number of nitrogens with one attached hydrogen (secondary N) is 3. The summed E-state index contributed by atoms with van der Waals surface area (Å²) >= 11 is 0. The van der Waals surface area contributed by atoms with Gasteiger partial charge in [-0.3, -0.25) is 19.6 Å². The zero-order valence-electron chi connectivity index (χ0n) is 17.2. The van der Waals surface area contributed by atoms with Crippen molar-refractivity contribution in [3.8, 4) is 0 Å². The molecule has 162 valence electrons. The van der Waals surface area contributed by atoms with Gasteiger partial charge in [0.2, 0.25) is 5.91 Å². The molecule has 1 saturated heterocycles. The molecule has 0 unspecified atom stereocenters. The summed E-state index contributed by atoms with van der Waals surface area (Å²) in [6.45, 7) is 1.31. The Hall–Kier alpha value is -3.39. The van der Waals surface area contributed by atoms with Crippen molar-refractivity contribution < 1.29 is 19.6 Å². The van der Waals surface area contributed by atoms with E-state index in [4.69, 9.17) is 5.21 Å². The fraction of sp³-hybridized carbons (Fsp3) is 0.348. The summed E-state index contributed by atoms with van der Waals surface area (Å²) in [5.41, 5.74) is 4.60. The highest BCUT2D eigenvalue weighted by molar-refractivity contribution is 6.14. The first kappa shape index (κ1) is 20.9. The van der Waals surface area contributed by atoms with Crippen molar-refractivity contribution in [3.05, 3.63) is 53.6 Å². The molecular formula is C23H26N4O4. The van der Waals surface area contributed by atoms with Gasteiger partial charge >= 0.3 is 0 Å². The maximum atomic E-state index is 13.3. The highest BCUT2D eigenvalue weighted by atomic mass is 16.5. The van der Waals surface area contributed by atoms with Crippen LogP contribution in [0.5, 0.6) is 0 Å². The van der Waals surface area contributed by atoms with Gasteiger partial charge in [0.05, 0.1) is 28.2 Å². The molecule has 2 aliphatic rings. The number of amides is 3. The lowest BCUT2D eigenvalue weighted by atomic mass is 9.91. The average Bonchev–Trinajstić information content (AvgIpc) is 2.94. The second-order valence-electron chi connectivity index (χ2n) is 8.02. The van der Waals surface area contributed by atoms with Gasteiger partial charge in [-0.25, -0.2) is 5.48 Å². The Labute approximate surface area is 180 Å². The van der Waals surface area contributed by atoms with Gasteiger partial charge in [0.15, 0.2) is 0 Å². The number of carbonyl (C=O) groups excluding carboxylic acids is 3. The molecule has 2 aromatic rings. The molecule has 0 radical (unpaired) electrons. The van der Waals surface area contributed by atoms with Crippen LogP contribution in [0.4, 0.5) is 17.1 Å². The Morgan fingerprint density at radius 2 is 1.77 bits per heavy atom. The van der Waals surface area contributed by atoms with Crippen LogP contribution in [0.2, 0.25) is 0 Å². The van der Waals surface area contributed by atoms with E-state index in [1.807, 2.05) is 23.1 Å². The minimum atomic E-state index is -0.362. The van der Waals surface area contributed by atoms with Crippen molar-refractivity contribution in [2.24, 2.45) is 5.92 Å². The molecule has 0 atom stereocenters. The lowest BCUT2D eigenvalue weighted by Gasteiger charge is -2.32. The van der Waals surface area contributed by atoms with Gasteiger partial charge in [-0.1, -0.05) is 18.2 Å². The number of piperidine rings is 1. The second-order valence-corrected chi connectivity index (χ2v) is 8.02. The SMILES string of the molecule is O=C(CCCC1CCN(C(=O)c2cccc3c2Nc2ccccc2C(=O)N3)CC1)NO. The van der Waals surface area contributed by atoms with E-state index in [1.165, 1.54) is 0 Å². The summed E-state index contributed by atoms with van der Waals surface area (Å²) < 4.78 is 0. The molecule has 4 rings (SSSR count). The molecule has 1 fully saturated rings. The van der Waals surface area contributed by atoms with Gasteiger partial charge in [-0.2, -0.15) is 0 Å². The summed E-state index contributed by atoms with van der Waals surface area (Å²) in [5, 5.41) is 14.8. The first-order valence-corrected chi connectivity index (χ1v) is 10.6. The minimum Gasteiger partial charge on any atom is -0.353 e. The number of para-hydroxylation sites is 2. The van der Waals surface area contributed by atoms with E-state index >= 15 is 0 Å². The van der Waals surface area contributed by atoms with Crippen LogP contribution < -0.4 is 16.1 Å². The van der Waals surface area contributed by atoms with Crippen LogP contribution in [-0.4, -0.2) is 40.9 Å². The first-order valence-electron chi connectivity index (χ1n) is 10.6. The van der Waals surface area contributed by atoms with Crippen molar-refractivity contribution in [1.82, 2.24) is 10.4 Å². The number of benzene rings is 2. The van der Waals surface area contributed by atoms with Crippen LogP contribution in [0, 0.1) is 5.92 Å². The average molecular weight is 422 g/mol. The molecule has 2 aromatic carbocycles. The number of likely N-dealkylation sites (tertiary alicyclic amines) is 1. The van der Waals surface area contributed by atoms with Crippen LogP contribution in [0.15, 0.2) is 42.5 Å². The van der Waals surface area contributed by atoms with E-state index in [2.05, 4.69) is 10.6 Å². The lowest BCUT2D eigenvalue weighted by molar-refractivity contribution is -0.129. The first-order chi connectivity index (χ1) is 15.1.